The van der Waals surface area contributed by atoms with Crippen molar-refractivity contribution in [1.82, 2.24) is 0 Å². The van der Waals surface area contributed by atoms with E-state index in [4.69, 9.17) is 24.7 Å². The van der Waals surface area contributed by atoms with Crippen LogP contribution in [-0.2, 0) is 9.47 Å². The minimum absolute atomic E-state index is 0.158. The van der Waals surface area contributed by atoms with Crippen molar-refractivity contribution in [2.45, 2.75) is 19.4 Å². The second-order valence-corrected chi connectivity index (χ2v) is 6.41. The van der Waals surface area contributed by atoms with Gasteiger partial charge in [0.15, 0.2) is 5.78 Å². The smallest absolute Gasteiger partial charge is 0.248 e. The number of rotatable bonds is 9. The molecule has 0 saturated carbocycles. The van der Waals surface area contributed by atoms with Crippen LogP contribution in [0.1, 0.15) is 34.1 Å². The maximum atomic E-state index is 11.8. The minimum Gasteiger partial charge on any atom is -0.491 e. The number of amides is 1. The van der Waals surface area contributed by atoms with Gasteiger partial charge in [-0.25, -0.2) is 0 Å². The molecule has 0 bridgehead atoms. The van der Waals surface area contributed by atoms with Gasteiger partial charge in [-0.1, -0.05) is 0 Å². The Morgan fingerprint density at radius 2 is 1.86 bits per heavy atom. The van der Waals surface area contributed by atoms with Crippen molar-refractivity contribution in [2.75, 3.05) is 26.4 Å². The summed E-state index contributed by atoms with van der Waals surface area (Å²) in [4.78, 5) is 23.2. The van der Waals surface area contributed by atoms with Gasteiger partial charge in [-0.15, -0.1) is 0 Å². The van der Waals surface area contributed by atoms with Crippen molar-refractivity contribution >= 4 is 11.7 Å². The highest BCUT2D eigenvalue weighted by Crippen LogP contribution is 2.28. The molecule has 2 N–H and O–H groups in total. The van der Waals surface area contributed by atoms with E-state index in [1.807, 2.05) is 0 Å². The van der Waals surface area contributed by atoms with Crippen LogP contribution in [0.2, 0.25) is 0 Å². The first kappa shape index (κ1) is 19.9. The molecule has 2 aromatic rings. The number of hydrogen-bond donors (Lipinski definition) is 1. The molecule has 148 valence electrons. The van der Waals surface area contributed by atoms with Crippen molar-refractivity contribution in [3.8, 4) is 17.2 Å². The van der Waals surface area contributed by atoms with Gasteiger partial charge in [0.25, 0.3) is 0 Å². The minimum atomic E-state index is -0.588. The Kier molecular flexibility index (Phi) is 6.62. The summed E-state index contributed by atoms with van der Waals surface area (Å²) in [5, 5.41) is 0. The lowest BCUT2D eigenvalue weighted by molar-refractivity contribution is 0.0265. The summed E-state index contributed by atoms with van der Waals surface area (Å²) in [6.45, 7) is 3.76. The average Bonchev–Trinajstić information content (AvgIpc) is 3.19. The molecule has 1 saturated heterocycles. The third-order valence-corrected chi connectivity index (χ3v) is 4.29. The van der Waals surface area contributed by atoms with Crippen LogP contribution in [0.3, 0.4) is 0 Å². The maximum Gasteiger partial charge on any atom is 0.248 e. The van der Waals surface area contributed by atoms with Crippen LogP contribution in [0.25, 0.3) is 0 Å². The number of Topliss-reactive ketones (excluding diaryl/α,β-unsaturated/α-hetero) is 1. The van der Waals surface area contributed by atoms with Crippen molar-refractivity contribution in [3.63, 3.8) is 0 Å². The Morgan fingerprint density at radius 1 is 1.11 bits per heavy atom. The quantitative estimate of drug-likeness (QED) is 0.526. The number of carbonyl (C=O) groups is 2. The first-order chi connectivity index (χ1) is 13.5. The molecule has 0 aromatic heterocycles. The maximum absolute atomic E-state index is 11.8. The number of carbonyl (C=O) groups excluding carboxylic acids is 2. The van der Waals surface area contributed by atoms with E-state index in [1.165, 1.54) is 25.1 Å². The van der Waals surface area contributed by atoms with Gasteiger partial charge in [-0.3, -0.25) is 9.59 Å². The zero-order valence-electron chi connectivity index (χ0n) is 15.7. The second kappa shape index (κ2) is 9.34. The first-order valence-corrected chi connectivity index (χ1v) is 9.08. The molecule has 28 heavy (non-hydrogen) atoms. The summed E-state index contributed by atoms with van der Waals surface area (Å²) in [5.74, 6) is 0.713. The van der Waals surface area contributed by atoms with Crippen LogP contribution < -0.4 is 15.2 Å². The second-order valence-electron chi connectivity index (χ2n) is 6.41. The van der Waals surface area contributed by atoms with Crippen molar-refractivity contribution < 1.29 is 28.5 Å². The number of nitrogens with two attached hydrogens (primary N) is 1. The summed E-state index contributed by atoms with van der Waals surface area (Å²) in [5.41, 5.74) is 5.95. The van der Waals surface area contributed by atoms with Crippen molar-refractivity contribution in [2.24, 2.45) is 5.73 Å². The Balaban J connectivity index is 1.58. The topological polar surface area (TPSA) is 97.1 Å². The summed E-state index contributed by atoms with van der Waals surface area (Å²) < 4.78 is 22.3. The molecule has 1 amide bonds. The molecule has 7 heteroatoms. The third-order valence-electron chi connectivity index (χ3n) is 4.29. The summed E-state index contributed by atoms with van der Waals surface area (Å²) in [6, 6.07) is 11.5. The highest BCUT2D eigenvalue weighted by Gasteiger charge is 2.15. The molecule has 7 nitrogen and oxygen atoms in total. The number of ether oxygens (including phenoxy) is 4. The lowest BCUT2D eigenvalue weighted by atomic mass is 10.1. The first-order valence-electron chi connectivity index (χ1n) is 9.08. The van der Waals surface area contributed by atoms with Crippen molar-refractivity contribution in [1.29, 1.82) is 0 Å². The number of ketones is 1. The molecular weight excluding hydrogens is 362 g/mol. The number of benzene rings is 2. The largest absolute Gasteiger partial charge is 0.491 e. The van der Waals surface area contributed by atoms with E-state index in [0.29, 0.717) is 36.9 Å². The van der Waals surface area contributed by atoms with Gasteiger partial charge < -0.3 is 24.7 Å². The third kappa shape index (κ3) is 5.31. The lowest BCUT2D eigenvalue weighted by Crippen LogP contribution is -2.16. The molecule has 1 aliphatic heterocycles. The van der Waals surface area contributed by atoms with Crippen LogP contribution in [0.5, 0.6) is 17.2 Å². The van der Waals surface area contributed by atoms with Crippen LogP contribution in [0.15, 0.2) is 42.5 Å². The zero-order valence-corrected chi connectivity index (χ0v) is 15.7. The van der Waals surface area contributed by atoms with Crippen LogP contribution in [-0.4, -0.2) is 44.2 Å². The molecule has 0 unspecified atom stereocenters. The van der Waals surface area contributed by atoms with Gasteiger partial charge >= 0.3 is 0 Å². The molecule has 1 atom stereocenters. The van der Waals surface area contributed by atoms with E-state index < -0.39 is 5.91 Å². The monoisotopic (exact) mass is 385 g/mol. The van der Waals surface area contributed by atoms with E-state index in [0.717, 1.165) is 13.0 Å². The Morgan fingerprint density at radius 3 is 2.50 bits per heavy atom. The Labute approximate surface area is 163 Å². The van der Waals surface area contributed by atoms with E-state index in [-0.39, 0.29) is 23.2 Å². The van der Waals surface area contributed by atoms with Gasteiger partial charge in [0.1, 0.15) is 23.9 Å². The van der Waals surface area contributed by atoms with E-state index in [1.54, 1.807) is 24.3 Å². The summed E-state index contributed by atoms with van der Waals surface area (Å²) in [7, 11) is 0. The van der Waals surface area contributed by atoms with Gasteiger partial charge in [0.05, 0.1) is 24.9 Å². The van der Waals surface area contributed by atoms with Crippen LogP contribution in [0, 0.1) is 0 Å². The zero-order chi connectivity index (χ0) is 19.9. The van der Waals surface area contributed by atoms with E-state index >= 15 is 0 Å². The highest BCUT2D eigenvalue weighted by molar-refractivity contribution is 5.99. The normalized spacial score (nSPS) is 16.0. The van der Waals surface area contributed by atoms with Crippen molar-refractivity contribution in [3.05, 3.63) is 53.6 Å². The fraction of sp³-hybridized carbons (Fsp3) is 0.333. The fourth-order valence-electron chi connectivity index (χ4n) is 2.80. The van der Waals surface area contributed by atoms with Gasteiger partial charge in [0.2, 0.25) is 5.91 Å². The molecule has 1 aliphatic rings. The average molecular weight is 385 g/mol. The Hall–Kier alpha value is -2.90. The van der Waals surface area contributed by atoms with E-state index in [9.17, 15) is 9.59 Å². The highest BCUT2D eigenvalue weighted by atomic mass is 16.6. The molecule has 2 aromatic carbocycles. The standard InChI is InChI=1S/C21H23NO6/c1-14(23)19-7-2-15(21(22)24)12-20(19)28-17-5-3-16(4-6-17)26-10-11-27-18-8-9-25-13-18/h2-7,12,18H,8-11,13H2,1H3,(H2,22,24)/t18-/m1/s1. The molecule has 1 heterocycles. The lowest BCUT2D eigenvalue weighted by Gasteiger charge is -2.12. The van der Waals surface area contributed by atoms with E-state index in [2.05, 4.69) is 0 Å². The predicted octanol–water partition coefficient (Wildman–Crippen LogP) is 2.96. The van der Waals surface area contributed by atoms with Crippen LogP contribution >= 0.6 is 0 Å². The molecule has 3 rings (SSSR count). The van der Waals surface area contributed by atoms with Crippen LogP contribution in [0.4, 0.5) is 0 Å². The summed E-state index contributed by atoms with van der Waals surface area (Å²) in [6.07, 6.45) is 1.08. The molecule has 0 radical (unpaired) electrons. The SMILES string of the molecule is CC(=O)c1ccc(C(N)=O)cc1Oc1ccc(OCCO[C@@H]2CCOC2)cc1. The molecular formula is C21H23NO6. The molecule has 1 fully saturated rings. The number of primary amides is 1. The predicted molar refractivity (Wildman–Crippen MR) is 102 cm³/mol. The Bertz CT molecular complexity index is 827. The number of hydrogen-bond acceptors (Lipinski definition) is 6. The summed E-state index contributed by atoms with van der Waals surface area (Å²) >= 11 is 0. The van der Waals surface area contributed by atoms with Gasteiger partial charge in [0, 0.05) is 12.2 Å². The fourth-order valence-corrected chi connectivity index (χ4v) is 2.80. The molecule has 0 aliphatic carbocycles. The van der Waals surface area contributed by atoms with Gasteiger partial charge in [-0.05, 0) is 55.8 Å². The van der Waals surface area contributed by atoms with Gasteiger partial charge in [-0.2, -0.15) is 0 Å². The molecule has 0 spiro atoms.